The Morgan fingerprint density at radius 1 is 1.30 bits per heavy atom. The molecule has 110 valence electrons. The second kappa shape index (κ2) is 6.99. The number of carboxylic acids is 1. The van der Waals surface area contributed by atoms with Crippen molar-refractivity contribution < 1.29 is 9.90 Å². The zero-order chi connectivity index (χ0) is 14.5. The Morgan fingerprint density at radius 3 is 2.55 bits per heavy atom. The maximum absolute atomic E-state index is 11.6. The largest absolute Gasteiger partial charge is 0.478 e. The Balaban J connectivity index is 2.19. The van der Waals surface area contributed by atoms with E-state index in [1.807, 2.05) is 24.5 Å². The molecule has 1 aromatic rings. The van der Waals surface area contributed by atoms with Gasteiger partial charge in [-0.25, -0.2) is 4.79 Å². The minimum absolute atomic E-state index is 0.448. The number of benzene rings is 1. The summed E-state index contributed by atoms with van der Waals surface area (Å²) < 4.78 is 0. The van der Waals surface area contributed by atoms with Gasteiger partial charge in [0.25, 0.3) is 0 Å². The molecule has 5 heteroatoms. The molecule has 0 unspecified atom stereocenters. The first kappa shape index (κ1) is 15.2. The van der Waals surface area contributed by atoms with Gasteiger partial charge < -0.3 is 10.0 Å². The maximum Gasteiger partial charge on any atom is 0.338 e. The first-order valence-electron chi connectivity index (χ1n) is 7.05. The van der Waals surface area contributed by atoms with Gasteiger partial charge in [-0.05, 0) is 31.4 Å². The molecule has 20 heavy (non-hydrogen) atoms. The van der Waals surface area contributed by atoms with E-state index in [0.29, 0.717) is 5.56 Å². The number of anilines is 1. The third-order valence-electron chi connectivity index (χ3n) is 3.69. The second-order valence-electron chi connectivity index (χ2n) is 4.99. The van der Waals surface area contributed by atoms with Crippen LogP contribution in [0.25, 0.3) is 0 Å². The Morgan fingerprint density at radius 2 is 2.00 bits per heavy atom. The van der Waals surface area contributed by atoms with Gasteiger partial charge in [0.15, 0.2) is 0 Å². The van der Waals surface area contributed by atoms with Crippen molar-refractivity contribution in [3.63, 3.8) is 0 Å². The van der Waals surface area contributed by atoms with Crippen molar-refractivity contribution in [2.75, 3.05) is 43.9 Å². The van der Waals surface area contributed by atoms with E-state index in [9.17, 15) is 9.90 Å². The molecule has 1 heterocycles. The number of hydrogen-bond donors (Lipinski definition) is 1. The molecule has 0 amide bonds. The van der Waals surface area contributed by atoms with Gasteiger partial charge in [-0.1, -0.05) is 13.0 Å². The van der Waals surface area contributed by atoms with Gasteiger partial charge >= 0.3 is 5.97 Å². The van der Waals surface area contributed by atoms with Crippen molar-refractivity contribution in [1.82, 2.24) is 4.90 Å². The fourth-order valence-corrected chi connectivity index (χ4v) is 3.31. The van der Waals surface area contributed by atoms with Gasteiger partial charge in [-0.2, -0.15) is 0 Å². The highest BCUT2D eigenvalue weighted by molar-refractivity contribution is 7.98. The van der Waals surface area contributed by atoms with E-state index in [0.717, 1.165) is 43.3 Å². The van der Waals surface area contributed by atoms with Crippen LogP contribution in [0.1, 0.15) is 23.7 Å². The van der Waals surface area contributed by atoms with E-state index in [-0.39, 0.29) is 0 Å². The number of aromatic carboxylic acids is 1. The number of hydrogen-bond acceptors (Lipinski definition) is 4. The zero-order valence-corrected chi connectivity index (χ0v) is 12.9. The van der Waals surface area contributed by atoms with E-state index in [4.69, 9.17) is 0 Å². The lowest BCUT2D eigenvalue weighted by atomic mass is 10.1. The number of thioether (sulfide) groups is 1. The summed E-state index contributed by atoms with van der Waals surface area (Å²) in [6.45, 7) is 7.14. The molecular weight excluding hydrogens is 272 g/mol. The van der Waals surface area contributed by atoms with E-state index >= 15 is 0 Å². The Hall–Kier alpha value is -1.20. The predicted octanol–water partition coefficient (Wildman–Crippen LogP) is 2.64. The van der Waals surface area contributed by atoms with E-state index in [1.165, 1.54) is 18.2 Å². The van der Waals surface area contributed by atoms with Crippen molar-refractivity contribution in [1.29, 1.82) is 0 Å². The molecule has 0 radical (unpaired) electrons. The monoisotopic (exact) mass is 294 g/mol. The third-order valence-corrected chi connectivity index (χ3v) is 4.47. The number of carbonyl (C=O) groups is 1. The fraction of sp³-hybridized carbons (Fsp3) is 0.533. The van der Waals surface area contributed by atoms with Crippen LogP contribution in [-0.4, -0.2) is 55.0 Å². The molecule has 1 aliphatic heterocycles. The Bertz CT molecular complexity index is 471. The summed E-state index contributed by atoms with van der Waals surface area (Å²) in [4.78, 5) is 17.0. The molecule has 1 N–H and O–H groups in total. The molecule has 2 rings (SSSR count). The molecule has 0 aromatic heterocycles. The topological polar surface area (TPSA) is 43.8 Å². The Labute approximate surface area is 124 Å². The average molecular weight is 294 g/mol. The molecular formula is C15H22N2O2S. The van der Waals surface area contributed by atoms with E-state index in [1.54, 1.807) is 0 Å². The van der Waals surface area contributed by atoms with Crippen LogP contribution < -0.4 is 4.90 Å². The number of piperazine rings is 1. The lowest BCUT2D eigenvalue weighted by Gasteiger charge is -2.36. The summed E-state index contributed by atoms with van der Waals surface area (Å²) in [6, 6.07) is 5.76. The number of rotatable bonds is 5. The molecule has 0 bridgehead atoms. The normalized spacial score (nSPS) is 16.4. The molecule has 1 aromatic carbocycles. The summed E-state index contributed by atoms with van der Waals surface area (Å²) in [6.07, 6.45) is 3.09. The van der Waals surface area contributed by atoms with E-state index < -0.39 is 5.97 Å². The van der Waals surface area contributed by atoms with Gasteiger partial charge in [0.1, 0.15) is 0 Å². The van der Waals surface area contributed by atoms with Gasteiger partial charge in [0, 0.05) is 31.1 Å². The van der Waals surface area contributed by atoms with Crippen LogP contribution >= 0.6 is 11.8 Å². The van der Waals surface area contributed by atoms with E-state index in [2.05, 4.69) is 16.7 Å². The predicted molar refractivity (Wildman–Crippen MR) is 84.1 cm³/mol. The molecule has 0 spiro atoms. The minimum atomic E-state index is -0.832. The lowest BCUT2D eigenvalue weighted by molar-refractivity contribution is 0.0693. The van der Waals surface area contributed by atoms with Gasteiger partial charge in [-0.15, -0.1) is 11.8 Å². The zero-order valence-electron chi connectivity index (χ0n) is 12.1. The second-order valence-corrected chi connectivity index (χ2v) is 5.84. The average Bonchev–Trinajstić information content (AvgIpc) is 2.47. The van der Waals surface area contributed by atoms with Crippen molar-refractivity contribution in [3.05, 3.63) is 23.8 Å². The molecule has 0 atom stereocenters. The molecule has 0 saturated carbocycles. The molecule has 4 nitrogen and oxygen atoms in total. The number of carboxylic acid groups (broad SMARTS) is 1. The molecule has 1 fully saturated rings. The van der Waals surface area contributed by atoms with Crippen LogP contribution in [0.4, 0.5) is 5.69 Å². The summed E-state index contributed by atoms with van der Waals surface area (Å²) in [7, 11) is 0. The maximum atomic E-state index is 11.6. The first-order chi connectivity index (χ1) is 9.67. The van der Waals surface area contributed by atoms with Crippen molar-refractivity contribution >= 4 is 23.4 Å². The van der Waals surface area contributed by atoms with Crippen LogP contribution in [0, 0.1) is 0 Å². The van der Waals surface area contributed by atoms with Crippen LogP contribution in [-0.2, 0) is 0 Å². The fourth-order valence-electron chi connectivity index (χ4n) is 2.70. The highest BCUT2D eigenvalue weighted by atomic mass is 32.2. The smallest absolute Gasteiger partial charge is 0.338 e. The van der Waals surface area contributed by atoms with Crippen LogP contribution in [0.3, 0.4) is 0 Å². The summed E-state index contributed by atoms with van der Waals surface area (Å²) in [5.41, 5.74) is 1.31. The molecule has 1 saturated heterocycles. The molecule has 0 aliphatic carbocycles. The van der Waals surface area contributed by atoms with Crippen LogP contribution in [0.15, 0.2) is 23.1 Å². The molecule has 1 aliphatic rings. The quantitative estimate of drug-likeness (QED) is 0.846. The minimum Gasteiger partial charge on any atom is -0.478 e. The number of nitrogens with zero attached hydrogens (tertiary/aromatic N) is 2. The van der Waals surface area contributed by atoms with Crippen molar-refractivity contribution in [3.8, 4) is 0 Å². The van der Waals surface area contributed by atoms with Crippen LogP contribution in [0.5, 0.6) is 0 Å². The summed E-state index contributed by atoms with van der Waals surface area (Å²) in [5.74, 6) is -0.832. The van der Waals surface area contributed by atoms with Gasteiger partial charge in [0.05, 0.1) is 11.3 Å². The highest BCUT2D eigenvalue weighted by Crippen LogP contribution is 2.30. The summed E-state index contributed by atoms with van der Waals surface area (Å²) >= 11 is 1.49. The van der Waals surface area contributed by atoms with Crippen molar-refractivity contribution in [2.24, 2.45) is 0 Å². The first-order valence-corrected chi connectivity index (χ1v) is 8.27. The Kier molecular flexibility index (Phi) is 5.31. The van der Waals surface area contributed by atoms with Crippen molar-refractivity contribution in [2.45, 2.75) is 18.2 Å². The third kappa shape index (κ3) is 3.27. The standard InChI is InChI=1S/C15H22N2O2S/c1-3-7-16-8-10-17(11-9-16)12-5-4-6-13(20-2)14(12)15(18)19/h4-6H,3,7-11H2,1-2H3,(H,18,19). The highest BCUT2D eigenvalue weighted by Gasteiger charge is 2.22. The van der Waals surface area contributed by atoms with Crippen LogP contribution in [0.2, 0.25) is 0 Å². The lowest BCUT2D eigenvalue weighted by Crippen LogP contribution is -2.47. The summed E-state index contributed by atoms with van der Waals surface area (Å²) in [5, 5.41) is 9.49. The van der Waals surface area contributed by atoms with Gasteiger partial charge in [-0.3, -0.25) is 4.90 Å². The van der Waals surface area contributed by atoms with Gasteiger partial charge in [0.2, 0.25) is 0 Å². The SMILES string of the molecule is CCCN1CCN(c2cccc(SC)c2C(=O)O)CC1.